The number of fused-ring (bicyclic) bond motifs is 1. The summed E-state index contributed by atoms with van der Waals surface area (Å²) >= 11 is 0. The maximum atomic E-state index is 12.8. The van der Waals surface area contributed by atoms with Crippen molar-refractivity contribution in [3.05, 3.63) is 83.2 Å². The number of nitrogens with one attached hydrogen (secondary N) is 1. The molecule has 3 aromatic rings. The van der Waals surface area contributed by atoms with Crippen LogP contribution in [-0.4, -0.2) is 28.7 Å². The number of hydrogen-bond acceptors (Lipinski definition) is 5. The third-order valence-corrected chi connectivity index (χ3v) is 4.70. The molecule has 4 rings (SSSR count). The first-order chi connectivity index (χ1) is 14.8. The summed E-state index contributed by atoms with van der Waals surface area (Å²) in [5, 5.41) is 2.99. The van der Waals surface area contributed by atoms with Crippen LogP contribution in [0.2, 0.25) is 0 Å². The van der Waals surface area contributed by atoms with Crippen molar-refractivity contribution < 1.29 is 22.7 Å². The van der Waals surface area contributed by atoms with Crippen LogP contribution >= 0.6 is 0 Å². The molecule has 0 spiro atoms. The average Bonchev–Trinajstić information content (AvgIpc) is 3.10. The number of nitrogen functional groups attached to an aromatic ring is 1. The Morgan fingerprint density at radius 2 is 1.94 bits per heavy atom. The zero-order chi connectivity index (χ0) is 22.0. The molecule has 0 saturated heterocycles. The Balaban J connectivity index is 1.59. The van der Waals surface area contributed by atoms with E-state index in [1.54, 1.807) is 12.1 Å². The van der Waals surface area contributed by atoms with Crippen LogP contribution in [0.25, 0.3) is 11.6 Å². The molecule has 2 heterocycles. The predicted molar refractivity (Wildman–Crippen MR) is 109 cm³/mol. The molecule has 2 aromatic heterocycles. The number of pyridine rings is 2. The number of nitrogens with two attached hydrogens (primary N) is 1. The number of anilines is 1. The highest BCUT2D eigenvalue weighted by Gasteiger charge is 2.30. The summed E-state index contributed by atoms with van der Waals surface area (Å²) in [6.45, 7) is -1.42. The van der Waals surface area contributed by atoms with Gasteiger partial charge in [-0.3, -0.25) is 4.79 Å². The standard InChI is InChI=1S/C22H17F3N4O2/c23-22(24,25)12-31-19-6-5-15(11-28-19)17-9-13-3-1-2-4-16(13)20(17)29-21(30)14-7-8-27-18(26)10-14/h1-11,20H,12H2,(H2,26,27)(H,29,30). The van der Waals surface area contributed by atoms with Crippen molar-refractivity contribution in [3.8, 4) is 5.88 Å². The van der Waals surface area contributed by atoms with Crippen LogP contribution in [0.5, 0.6) is 5.88 Å². The second-order valence-electron chi connectivity index (χ2n) is 6.89. The van der Waals surface area contributed by atoms with E-state index in [1.807, 2.05) is 30.3 Å². The molecule has 1 aliphatic rings. The number of benzene rings is 1. The first-order valence-electron chi connectivity index (χ1n) is 9.29. The van der Waals surface area contributed by atoms with Crippen LogP contribution in [0.15, 0.2) is 60.9 Å². The molecule has 6 nitrogen and oxygen atoms in total. The lowest BCUT2D eigenvalue weighted by atomic mass is 9.99. The lowest BCUT2D eigenvalue weighted by Gasteiger charge is -2.19. The number of rotatable bonds is 5. The largest absolute Gasteiger partial charge is 0.468 e. The van der Waals surface area contributed by atoms with Crippen molar-refractivity contribution in [2.75, 3.05) is 12.3 Å². The van der Waals surface area contributed by atoms with Crippen LogP contribution in [0.4, 0.5) is 19.0 Å². The Morgan fingerprint density at radius 1 is 1.13 bits per heavy atom. The summed E-state index contributed by atoms with van der Waals surface area (Å²) in [7, 11) is 0. The quantitative estimate of drug-likeness (QED) is 0.643. The number of ether oxygens (including phenoxy) is 1. The molecule has 0 fully saturated rings. The average molecular weight is 426 g/mol. The number of alkyl halides is 3. The van der Waals surface area contributed by atoms with Crippen molar-refractivity contribution in [2.24, 2.45) is 0 Å². The van der Waals surface area contributed by atoms with Crippen molar-refractivity contribution in [2.45, 2.75) is 12.2 Å². The minimum Gasteiger partial charge on any atom is -0.468 e. The van der Waals surface area contributed by atoms with Crippen LogP contribution in [-0.2, 0) is 0 Å². The fourth-order valence-corrected chi connectivity index (χ4v) is 3.33. The van der Waals surface area contributed by atoms with Gasteiger partial charge in [0.15, 0.2) is 6.61 Å². The molecule has 0 aliphatic heterocycles. The van der Waals surface area contributed by atoms with Crippen LogP contribution in [0.3, 0.4) is 0 Å². The Labute approximate surface area is 175 Å². The van der Waals surface area contributed by atoms with Gasteiger partial charge < -0.3 is 15.8 Å². The molecular weight excluding hydrogens is 409 g/mol. The molecule has 9 heteroatoms. The summed E-state index contributed by atoms with van der Waals surface area (Å²) in [5.74, 6) is -0.237. The Hall–Kier alpha value is -3.88. The van der Waals surface area contributed by atoms with Crippen molar-refractivity contribution >= 4 is 23.4 Å². The smallest absolute Gasteiger partial charge is 0.422 e. The van der Waals surface area contributed by atoms with Crippen LogP contribution < -0.4 is 15.8 Å². The van der Waals surface area contributed by atoms with Crippen molar-refractivity contribution in [1.82, 2.24) is 15.3 Å². The van der Waals surface area contributed by atoms with Gasteiger partial charge in [0.05, 0.1) is 6.04 Å². The van der Waals surface area contributed by atoms with E-state index in [1.165, 1.54) is 24.5 Å². The van der Waals surface area contributed by atoms with Crippen LogP contribution in [0, 0.1) is 0 Å². The number of carbonyl (C=O) groups is 1. The molecule has 1 unspecified atom stereocenters. The number of hydrogen-bond donors (Lipinski definition) is 2. The molecule has 1 amide bonds. The monoisotopic (exact) mass is 426 g/mol. The van der Waals surface area contributed by atoms with Crippen LogP contribution in [0.1, 0.15) is 33.1 Å². The molecule has 3 N–H and O–H groups in total. The topological polar surface area (TPSA) is 90.1 Å². The van der Waals surface area contributed by atoms with E-state index in [-0.39, 0.29) is 17.6 Å². The number of halogens is 3. The molecule has 1 aromatic carbocycles. The molecule has 1 atom stereocenters. The molecule has 31 heavy (non-hydrogen) atoms. The fraction of sp³-hybridized carbons (Fsp3) is 0.136. The lowest BCUT2D eigenvalue weighted by Crippen LogP contribution is -2.28. The second-order valence-corrected chi connectivity index (χ2v) is 6.89. The van der Waals surface area contributed by atoms with E-state index in [0.717, 1.165) is 16.7 Å². The summed E-state index contributed by atoms with van der Waals surface area (Å²) in [6, 6.07) is 13.1. The van der Waals surface area contributed by atoms with Gasteiger partial charge in [0.2, 0.25) is 5.88 Å². The van der Waals surface area contributed by atoms with Gasteiger partial charge in [0.1, 0.15) is 5.82 Å². The minimum atomic E-state index is -4.44. The van der Waals surface area contributed by atoms with Gasteiger partial charge in [0, 0.05) is 24.0 Å². The highest BCUT2D eigenvalue weighted by molar-refractivity contribution is 5.99. The highest BCUT2D eigenvalue weighted by atomic mass is 19.4. The molecule has 0 bridgehead atoms. The summed E-state index contributed by atoms with van der Waals surface area (Å²) < 4.78 is 41.7. The van der Waals surface area contributed by atoms with Gasteiger partial charge in [-0.25, -0.2) is 9.97 Å². The predicted octanol–water partition coefficient (Wildman–Crippen LogP) is 4.03. The van der Waals surface area contributed by atoms with E-state index in [0.29, 0.717) is 11.1 Å². The van der Waals surface area contributed by atoms with Gasteiger partial charge >= 0.3 is 6.18 Å². The maximum absolute atomic E-state index is 12.8. The molecule has 0 saturated carbocycles. The second kappa shape index (κ2) is 8.10. The normalized spacial score (nSPS) is 15.2. The van der Waals surface area contributed by atoms with Gasteiger partial charge in [-0.05, 0) is 46.5 Å². The lowest BCUT2D eigenvalue weighted by molar-refractivity contribution is -0.154. The molecular formula is C22H17F3N4O2. The van der Waals surface area contributed by atoms with Crippen molar-refractivity contribution in [1.29, 1.82) is 0 Å². The summed E-state index contributed by atoms with van der Waals surface area (Å²) in [6.07, 6.45) is 0.344. The SMILES string of the molecule is Nc1cc(C(=O)NC2C(c3ccc(OCC(F)(F)F)nc3)=Cc3ccccc32)ccn1. The molecule has 1 aliphatic carbocycles. The van der Waals surface area contributed by atoms with Gasteiger partial charge in [0.25, 0.3) is 5.91 Å². The third kappa shape index (κ3) is 4.66. The zero-order valence-corrected chi connectivity index (χ0v) is 16.1. The maximum Gasteiger partial charge on any atom is 0.422 e. The number of nitrogens with zero attached hydrogens (tertiary/aromatic N) is 2. The van der Waals surface area contributed by atoms with Gasteiger partial charge in [-0.15, -0.1) is 0 Å². The summed E-state index contributed by atoms with van der Waals surface area (Å²) in [4.78, 5) is 20.7. The molecule has 158 valence electrons. The van der Waals surface area contributed by atoms with E-state index in [2.05, 4.69) is 20.0 Å². The van der Waals surface area contributed by atoms with E-state index in [9.17, 15) is 18.0 Å². The van der Waals surface area contributed by atoms with Gasteiger partial charge in [-0.1, -0.05) is 24.3 Å². The Morgan fingerprint density at radius 3 is 2.65 bits per heavy atom. The third-order valence-electron chi connectivity index (χ3n) is 4.70. The molecule has 0 radical (unpaired) electrons. The zero-order valence-electron chi connectivity index (χ0n) is 16.1. The highest BCUT2D eigenvalue weighted by Crippen LogP contribution is 2.40. The minimum absolute atomic E-state index is 0.134. The number of amides is 1. The Bertz CT molecular complexity index is 1140. The fourth-order valence-electron chi connectivity index (χ4n) is 3.33. The first kappa shape index (κ1) is 20.4. The summed E-state index contributed by atoms with van der Waals surface area (Å²) in [5.41, 5.74) is 9.26. The van der Waals surface area contributed by atoms with E-state index >= 15 is 0 Å². The van der Waals surface area contributed by atoms with Gasteiger partial charge in [-0.2, -0.15) is 13.2 Å². The number of aromatic nitrogens is 2. The number of carbonyl (C=O) groups excluding carboxylic acids is 1. The first-order valence-corrected chi connectivity index (χ1v) is 9.29. The van der Waals surface area contributed by atoms with E-state index in [4.69, 9.17) is 5.73 Å². The van der Waals surface area contributed by atoms with E-state index < -0.39 is 18.8 Å². The van der Waals surface area contributed by atoms with Crippen molar-refractivity contribution in [3.63, 3.8) is 0 Å². The Kier molecular flexibility index (Phi) is 5.33.